The lowest BCUT2D eigenvalue weighted by Gasteiger charge is -2.28. The minimum absolute atomic E-state index is 0.0136. The van der Waals surface area contributed by atoms with E-state index in [4.69, 9.17) is 9.47 Å². The standard InChI is InChI=1S/C19H31N3O3/c1-3-9-20-19(23)22(11-4-10-21-12-14-25-15-13-21)16-17-5-7-18(24-2)8-6-17/h5-8H,3-4,9-16H2,1-2H3,(H,20,23). The molecule has 0 saturated carbocycles. The van der Waals surface area contributed by atoms with Crippen LogP contribution in [-0.2, 0) is 11.3 Å². The van der Waals surface area contributed by atoms with Crippen LogP contribution in [0.2, 0.25) is 0 Å². The van der Waals surface area contributed by atoms with Gasteiger partial charge < -0.3 is 19.7 Å². The molecular formula is C19H31N3O3. The van der Waals surface area contributed by atoms with Crippen LogP contribution < -0.4 is 10.1 Å². The van der Waals surface area contributed by atoms with Crippen molar-refractivity contribution in [2.45, 2.75) is 26.3 Å². The van der Waals surface area contributed by atoms with Crippen molar-refractivity contribution in [2.75, 3.05) is 53.0 Å². The van der Waals surface area contributed by atoms with Gasteiger partial charge >= 0.3 is 6.03 Å². The first-order valence-corrected chi connectivity index (χ1v) is 9.18. The molecule has 0 unspecified atom stereocenters. The van der Waals surface area contributed by atoms with E-state index in [9.17, 15) is 4.79 Å². The van der Waals surface area contributed by atoms with Gasteiger partial charge in [-0.05, 0) is 30.5 Å². The summed E-state index contributed by atoms with van der Waals surface area (Å²) in [6.07, 6.45) is 1.91. The summed E-state index contributed by atoms with van der Waals surface area (Å²) in [6, 6.07) is 7.91. The molecule has 0 aliphatic carbocycles. The molecule has 1 aromatic rings. The maximum atomic E-state index is 12.5. The number of methoxy groups -OCH3 is 1. The highest BCUT2D eigenvalue weighted by Crippen LogP contribution is 2.13. The second kappa shape index (κ2) is 10.9. The van der Waals surface area contributed by atoms with Gasteiger partial charge in [-0.2, -0.15) is 0 Å². The van der Waals surface area contributed by atoms with E-state index in [1.54, 1.807) is 7.11 Å². The smallest absolute Gasteiger partial charge is 0.317 e. The molecule has 1 fully saturated rings. The molecule has 0 radical (unpaired) electrons. The minimum atomic E-state index is 0.0136. The number of carbonyl (C=O) groups excluding carboxylic acids is 1. The van der Waals surface area contributed by atoms with Crippen molar-refractivity contribution in [1.82, 2.24) is 15.1 Å². The van der Waals surface area contributed by atoms with Gasteiger partial charge in [-0.3, -0.25) is 4.90 Å². The van der Waals surface area contributed by atoms with Crippen molar-refractivity contribution in [3.8, 4) is 5.75 Å². The Morgan fingerprint density at radius 2 is 2.00 bits per heavy atom. The van der Waals surface area contributed by atoms with Crippen LogP contribution in [0.4, 0.5) is 4.79 Å². The summed E-state index contributed by atoms with van der Waals surface area (Å²) in [5.41, 5.74) is 1.11. The first-order chi connectivity index (χ1) is 12.2. The Hall–Kier alpha value is -1.79. The third kappa shape index (κ3) is 6.92. The van der Waals surface area contributed by atoms with Crippen molar-refractivity contribution >= 4 is 6.03 Å². The number of morpholine rings is 1. The van der Waals surface area contributed by atoms with Crippen molar-refractivity contribution < 1.29 is 14.3 Å². The summed E-state index contributed by atoms with van der Waals surface area (Å²) < 4.78 is 10.6. The zero-order chi connectivity index (χ0) is 17.9. The summed E-state index contributed by atoms with van der Waals surface area (Å²) in [6.45, 7) is 8.74. The van der Waals surface area contributed by atoms with Crippen LogP contribution in [0.15, 0.2) is 24.3 Å². The molecule has 0 aromatic heterocycles. The number of hydrogen-bond acceptors (Lipinski definition) is 4. The molecule has 25 heavy (non-hydrogen) atoms. The van der Waals surface area contributed by atoms with Gasteiger partial charge in [-0.25, -0.2) is 4.79 Å². The average Bonchev–Trinajstić information content (AvgIpc) is 2.66. The number of nitrogens with one attached hydrogen (secondary N) is 1. The van der Waals surface area contributed by atoms with Gasteiger partial charge in [0.1, 0.15) is 5.75 Å². The fourth-order valence-electron chi connectivity index (χ4n) is 2.86. The van der Waals surface area contributed by atoms with Gasteiger partial charge in [0.15, 0.2) is 0 Å². The molecule has 0 spiro atoms. The summed E-state index contributed by atoms with van der Waals surface area (Å²) in [4.78, 5) is 16.8. The van der Waals surface area contributed by atoms with Crippen molar-refractivity contribution in [3.63, 3.8) is 0 Å². The monoisotopic (exact) mass is 349 g/mol. The number of rotatable bonds is 9. The molecule has 1 heterocycles. The number of ether oxygens (including phenoxy) is 2. The molecule has 2 rings (SSSR count). The molecule has 0 bridgehead atoms. The molecule has 0 atom stereocenters. The largest absolute Gasteiger partial charge is 0.497 e. The lowest BCUT2D eigenvalue weighted by atomic mass is 10.2. The van der Waals surface area contributed by atoms with Crippen LogP contribution in [0.1, 0.15) is 25.3 Å². The van der Waals surface area contributed by atoms with Crippen LogP contribution >= 0.6 is 0 Å². The van der Waals surface area contributed by atoms with Crippen LogP contribution in [-0.4, -0.2) is 68.9 Å². The van der Waals surface area contributed by atoms with Gasteiger partial charge in [-0.1, -0.05) is 19.1 Å². The molecule has 140 valence electrons. The van der Waals surface area contributed by atoms with Gasteiger partial charge in [-0.15, -0.1) is 0 Å². The molecule has 6 heteroatoms. The Bertz CT molecular complexity index is 501. The van der Waals surface area contributed by atoms with Crippen LogP contribution in [0.3, 0.4) is 0 Å². The maximum absolute atomic E-state index is 12.5. The van der Waals surface area contributed by atoms with Crippen molar-refractivity contribution in [1.29, 1.82) is 0 Å². The highest BCUT2D eigenvalue weighted by Gasteiger charge is 2.15. The quantitative estimate of drug-likeness (QED) is 0.743. The third-order valence-electron chi connectivity index (χ3n) is 4.35. The number of amides is 2. The first-order valence-electron chi connectivity index (χ1n) is 9.18. The Kier molecular flexibility index (Phi) is 8.55. The van der Waals surface area contributed by atoms with Crippen molar-refractivity contribution in [3.05, 3.63) is 29.8 Å². The Balaban J connectivity index is 1.87. The Morgan fingerprint density at radius 3 is 2.64 bits per heavy atom. The first kappa shape index (κ1) is 19.5. The fourth-order valence-corrected chi connectivity index (χ4v) is 2.86. The molecular weight excluding hydrogens is 318 g/mol. The van der Waals surface area contributed by atoms with E-state index in [1.807, 2.05) is 29.2 Å². The van der Waals surface area contributed by atoms with E-state index < -0.39 is 0 Å². The lowest BCUT2D eigenvalue weighted by Crippen LogP contribution is -2.42. The number of nitrogens with zero attached hydrogens (tertiary/aromatic N) is 2. The molecule has 1 saturated heterocycles. The fraction of sp³-hybridized carbons (Fsp3) is 0.632. The third-order valence-corrected chi connectivity index (χ3v) is 4.35. The highest BCUT2D eigenvalue weighted by molar-refractivity contribution is 5.74. The Morgan fingerprint density at radius 1 is 1.28 bits per heavy atom. The van der Waals surface area contributed by atoms with Gasteiger partial charge in [0.25, 0.3) is 0 Å². The maximum Gasteiger partial charge on any atom is 0.317 e. The zero-order valence-electron chi connectivity index (χ0n) is 15.5. The minimum Gasteiger partial charge on any atom is -0.497 e. The Labute approximate surface area is 151 Å². The number of urea groups is 1. The van der Waals surface area contributed by atoms with Crippen LogP contribution in [0.5, 0.6) is 5.75 Å². The molecule has 1 aromatic carbocycles. The summed E-state index contributed by atoms with van der Waals surface area (Å²) in [5.74, 6) is 0.832. The van der Waals surface area contributed by atoms with E-state index >= 15 is 0 Å². The van der Waals surface area contributed by atoms with E-state index in [2.05, 4.69) is 17.1 Å². The topological polar surface area (TPSA) is 54.0 Å². The van der Waals surface area contributed by atoms with Crippen LogP contribution in [0, 0.1) is 0 Å². The van der Waals surface area contributed by atoms with Gasteiger partial charge in [0.2, 0.25) is 0 Å². The molecule has 1 aliphatic heterocycles. The number of hydrogen-bond donors (Lipinski definition) is 1. The van der Waals surface area contributed by atoms with E-state index in [0.29, 0.717) is 13.1 Å². The van der Waals surface area contributed by atoms with E-state index in [-0.39, 0.29) is 6.03 Å². The number of benzene rings is 1. The van der Waals surface area contributed by atoms with Gasteiger partial charge in [0.05, 0.1) is 20.3 Å². The second-order valence-corrected chi connectivity index (χ2v) is 6.31. The predicted octanol–water partition coefficient (Wildman–Crippen LogP) is 2.34. The second-order valence-electron chi connectivity index (χ2n) is 6.31. The molecule has 2 amide bonds. The summed E-state index contributed by atoms with van der Waals surface area (Å²) >= 11 is 0. The SMILES string of the molecule is CCCNC(=O)N(CCCN1CCOCC1)Cc1ccc(OC)cc1. The summed E-state index contributed by atoms with van der Waals surface area (Å²) in [7, 11) is 1.66. The highest BCUT2D eigenvalue weighted by atomic mass is 16.5. The van der Waals surface area contributed by atoms with E-state index in [1.165, 1.54) is 0 Å². The molecule has 1 N–H and O–H groups in total. The van der Waals surface area contributed by atoms with Crippen LogP contribution in [0.25, 0.3) is 0 Å². The molecule has 6 nitrogen and oxygen atoms in total. The summed E-state index contributed by atoms with van der Waals surface area (Å²) in [5, 5.41) is 2.99. The van der Waals surface area contributed by atoms with Gasteiger partial charge in [0, 0.05) is 39.3 Å². The zero-order valence-corrected chi connectivity index (χ0v) is 15.5. The normalized spacial score (nSPS) is 15.0. The van der Waals surface area contributed by atoms with E-state index in [0.717, 1.165) is 63.5 Å². The van der Waals surface area contributed by atoms with Crippen molar-refractivity contribution in [2.24, 2.45) is 0 Å². The predicted molar refractivity (Wildman–Crippen MR) is 99.0 cm³/mol. The lowest BCUT2D eigenvalue weighted by molar-refractivity contribution is 0.0364. The number of carbonyl (C=O) groups is 1. The average molecular weight is 349 g/mol. The molecule has 1 aliphatic rings.